The minimum Gasteiger partial charge on any atom is -0.480 e. The van der Waals surface area contributed by atoms with E-state index in [1.54, 1.807) is 0 Å². The zero-order chi connectivity index (χ0) is 11.9. The molecule has 3 heteroatoms. The quantitative estimate of drug-likeness (QED) is 0.840. The Hall–Kier alpha value is -1.77. The van der Waals surface area contributed by atoms with Crippen molar-refractivity contribution in [3.63, 3.8) is 0 Å². The number of rotatable bonds is 2. The Morgan fingerprint density at radius 3 is 2.56 bits per heavy atom. The van der Waals surface area contributed by atoms with Crippen LogP contribution in [0.1, 0.15) is 16.8 Å². The number of benzene rings is 1. The number of hydrogen-bond acceptors (Lipinski definition) is 1. The number of aryl methyl sites for hydroxylation is 3. The van der Waals surface area contributed by atoms with Gasteiger partial charge in [-0.2, -0.15) is 0 Å². The molecule has 0 bridgehead atoms. The Morgan fingerprint density at radius 1 is 1.25 bits per heavy atom. The molecule has 0 aliphatic rings. The SMILES string of the molecule is Cc1cc(C)c2c(c1)cc(C)n2CC(=O)O. The van der Waals surface area contributed by atoms with Crippen molar-refractivity contribution in [2.75, 3.05) is 0 Å². The predicted octanol–water partition coefficient (Wildman–Crippen LogP) is 2.65. The number of carbonyl (C=O) groups is 1. The van der Waals surface area contributed by atoms with Gasteiger partial charge in [-0.05, 0) is 38.5 Å². The highest BCUT2D eigenvalue weighted by atomic mass is 16.4. The fourth-order valence-electron chi connectivity index (χ4n) is 2.29. The summed E-state index contributed by atoms with van der Waals surface area (Å²) in [6.45, 7) is 6.04. The number of aliphatic carboxylic acids is 1. The first-order valence-electron chi connectivity index (χ1n) is 5.28. The molecule has 0 saturated carbocycles. The summed E-state index contributed by atoms with van der Waals surface area (Å²) < 4.78 is 1.85. The molecule has 0 spiro atoms. The van der Waals surface area contributed by atoms with Gasteiger partial charge in [0.2, 0.25) is 0 Å². The number of aromatic nitrogens is 1. The van der Waals surface area contributed by atoms with Crippen molar-refractivity contribution in [2.45, 2.75) is 27.3 Å². The maximum atomic E-state index is 10.8. The molecule has 16 heavy (non-hydrogen) atoms. The molecule has 2 aromatic rings. The molecule has 0 unspecified atom stereocenters. The molecule has 1 aromatic carbocycles. The highest BCUT2D eigenvalue weighted by molar-refractivity contribution is 5.86. The third-order valence-electron chi connectivity index (χ3n) is 2.83. The summed E-state index contributed by atoms with van der Waals surface area (Å²) in [6, 6.07) is 6.21. The topological polar surface area (TPSA) is 42.2 Å². The first-order chi connectivity index (χ1) is 7.49. The number of carboxylic acids is 1. The predicted molar refractivity (Wildman–Crippen MR) is 63.8 cm³/mol. The average molecular weight is 217 g/mol. The highest BCUT2D eigenvalue weighted by Gasteiger charge is 2.10. The van der Waals surface area contributed by atoms with Crippen LogP contribution in [0.15, 0.2) is 18.2 Å². The Bertz CT molecular complexity index is 567. The molecule has 1 heterocycles. The molecule has 0 aliphatic carbocycles. The molecule has 3 nitrogen and oxygen atoms in total. The molecule has 0 saturated heterocycles. The van der Waals surface area contributed by atoms with Gasteiger partial charge in [0.25, 0.3) is 0 Å². The van der Waals surface area contributed by atoms with Gasteiger partial charge >= 0.3 is 5.97 Å². The zero-order valence-electron chi connectivity index (χ0n) is 9.74. The van der Waals surface area contributed by atoms with Crippen LogP contribution in [0.5, 0.6) is 0 Å². The van der Waals surface area contributed by atoms with E-state index in [2.05, 4.69) is 19.1 Å². The molecule has 0 amide bonds. The Balaban J connectivity index is 2.73. The molecule has 0 fully saturated rings. The highest BCUT2D eigenvalue weighted by Crippen LogP contribution is 2.24. The summed E-state index contributed by atoms with van der Waals surface area (Å²) in [5.41, 5.74) is 4.36. The van der Waals surface area contributed by atoms with E-state index in [9.17, 15) is 4.79 Å². The van der Waals surface area contributed by atoms with E-state index >= 15 is 0 Å². The van der Waals surface area contributed by atoms with E-state index in [0.29, 0.717) is 0 Å². The van der Waals surface area contributed by atoms with Crippen molar-refractivity contribution < 1.29 is 9.90 Å². The van der Waals surface area contributed by atoms with Crippen molar-refractivity contribution in [3.8, 4) is 0 Å². The fourth-order valence-corrected chi connectivity index (χ4v) is 2.29. The lowest BCUT2D eigenvalue weighted by Gasteiger charge is -2.07. The molecule has 0 aliphatic heterocycles. The van der Waals surface area contributed by atoms with E-state index < -0.39 is 5.97 Å². The first-order valence-corrected chi connectivity index (χ1v) is 5.28. The number of hydrogen-bond donors (Lipinski definition) is 1. The number of fused-ring (bicyclic) bond motifs is 1. The van der Waals surface area contributed by atoms with Crippen LogP contribution in [0.2, 0.25) is 0 Å². The average Bonchev–Trinajstić information content (AvgIpc) is 2.41. The van der Waals surface area contributed by atoms with Crippen LogP contribution in [0, 0.1) is 20.8 Å². The van der Waals surface area contributed by atoms with Gasteiger partial charge in [0.15, 0.2) is 0 Å². The van der Waals surface area contributed by atoms with Gasteiger partial charge in [0.05, 0.1) is 5.52 Å². The van der Waals surface area contributed by atoms with Crippen LogP contribution in [-0.2, 0) is 11.3 Å². The summed E-state index contributed by atoms with van der Waals surface area (Å²) >= 11 is 0. The third kappa shape index (κ3) is 1.69. The molecule has 1 N–H and O–H groups in total. The monoisotopic (exact) mass is 217 g/mol. The largest absolute Gasteiger partial charge is 0.480 e. The molecule has 84 valence electrons. The van der Waals surface area contributed by atoms with Gasteiger partial charge in [-0.25, -0.2) is 0 Å². The summed E-state index contributed by atoms with van der Waals surface area (Å²) in [4.78, 5) is 10.8. The van der Waals surface area contributed by atoms with Crippen molar-refractivity contribution in [1.82, 2.24) is 4.57 Å². The van der Waals surface area contributed by atoms with Crippen LogP contribution in [0.4, 0.5) is 0 Å². The molecule has 0 atom stereocenters. The summed E-state index contributed by atoms with van der Waals surface area (Å²) in [6.07, 6.45) is 0. The molecular weight excluding hydrogens is 202 g/mol. The Labute approximate surface area is 94.3 Å². The zero-order valence-corrected chi connectivity index (χ0v) is 9.74. The first kappa shape index (κ1) is 10.7. The van der Waals surface area contributed by atoms with Gasteiger partial charge in [0, 0.05) is 11.1 Å². The summed E-state index contributed by atoms with van der Waals surface area (Å²) in [7, 11) is 0. The van der Waals surface area contributed by atoms with E-state index in [0.717, 1.165) is 22.2 Å². The normalized spacial score (nSPS) is 10.9. The van der Waals surface area contributed by atoms with Crippen molar-refractivity contribution in [3.05, 3.63) is 35.0 Å². The Morgan fingerprint density at radius 2 is 1.94 bits per heavy atom. The maximum Gasteiger partial charge on any atom is 0.323 e. The van der Waals surface area contributed by atoms with Crippen molar-refractivity contribution >= 4 is 16.9 Å². The summed E-state index contributed by atoms with van der Waals surface area (Å²) in [5, 5.41) is 10.0. The van der Waals surface area contributed by atoms with E-state index in [1.165, 1.54) is 5.56 Å². The lowest BCUT2D eigenvalue weighted by atomic mass is 10.1. The maximum absolute atomic E-state index is 10.8. The third-order valence-corrected chi connectivity index (χ3v) is 2.83. The van der Waals surface area contributed by atoms with Crippen LogP contribution in [0.25, 0.3) is 10.9 Å². The second-order valence-electron chi connectivity index (χ2n) is 4.29. The second-order valence-corrected chi connectivity index (χ2v) is 4.29. The van der Waals surface area contributed by atoms with Crippen molar-refractivity contribution in [1.29, 1.82) is 0 Å². The molecule has 1 aromatic heterocycles. The smallest absolute Gasteiger partial charge is 0.323 e. The van der Waals surface area contributed by atoms with E-state index in [-0.39, 0.29) is 6.54 Å². The number of nitrogens with zero attached hydrogens (tertiary/aromatic N) is 1. The van der Waals surface area contributed by atoms with Gasteiger partial charge in [-0.1, -0.05) is 11.6 Å². The number of carboxylic acid groups (broad SMARTS) is 1. The van der Waals surface area contributed by atoms with Crippen LogP contribution >= 0.6 is 0 Å². The van der Waals surface area contributed by atoms with Gasteiger partial charge in [0.1, 0.15) is 6.54 Å². The van der Waals surface area contributed by atoms with E-state index in [4.69, 9.17) is 5.11 Å². The van der Waals surface area contributed by atoms with Gasteiger partial charge in [-0.15, -0.1) is 0 Å². The lowest BCUT2D eigenvalue weighted by molar-refractivity contribution is -0.137. The van der Waals surface area contributed by atoms with Crippen LogP contribution in [0.3, 0.4) is 0 Å². The second kappa shape index (κ2) is 3.67. The van der Waals surface area contributed by atoms with E-state index in [1.807, 2.05) is 24.5 Å². The summed E-state index contributed by atoms with van der Waals surface area (Å²) in [5.74, 6) is -0.805. The molecule has 2 rings (SSSR count). The lowest BCUT2D eigenvalue weighted by Crippen LogP contribution is -2.10. The van der Waals surface area contributed by atoms with Crippen LogP contribution < -0.4 is 0 Å². The fraction of sp³-hybridized carbons (Fsp3) is 0.308. The Kier molecular flexibility index (Phi) is 2.46. The molecular formula is C13H15NO2. The van der Waals surface area contributed by atoms with Crippen molar-refractivity contribution in [2.24, 2.45) is 0 Å². The molecule has 0 radical (unpaired) electrons. The van der Waals surface area contributed by atoms with Gasteiger partial charge in [-0.3, -0.25) is 4.79 Å². The minimum atomic E-state index is -0.805. The van der Waals surface area contributed by atoms with Crippen LogP contribution in [-0.4, -0.2) is 15.6 Å². The standard InChI is InChI=1S/C13H15NO2/c1-8-4-9(2)13-11(5-8)6-10(3)14(13)7-12(15)16/h4-6H,7H2,1-3H3,(H,15,16). The van der Waals surface area contributed by atoms with Gasteiger partial charge < -0.3 is 9.67 Å². The minimum absolute atomic E-state index is 0.0270.